The smallest absolute Gasteiger partial charge is 0.380 e. The van der Waals surface area contributed by atoms with Gasteiger partial charge in [0.1, 0.15) is 5.82 Å². The van der Waals surface area contributed by atoms with Gasteiger partial charge >= 0.3 is 6.18 Å². The van der Waals surface area contributed by atoms with Gasteiger partial charge in [0.25, 0.3) is 0 Å². The summed E-state index contributed by atoms with van der Waals surface area (Å²) in [4.78, 5) is 4.19. The van der Waals surface area contributed by atoms with E-state index in [4.69, 9.17) is 0 Å². The van der Waals surface area contributed by atoms with Crippen LogP contribution in [0.25, 0.3) is 10.9 Å². The van der Waals surface area contributed by atoms with Crippen LogP contribution in [0.15, 0.2) is 54.7 Å². The highest BCUT2D eigenvalue weighted by Crippen LogP contribution is 2.49. The van der Waals surface area contributed by atoms with Crippen LogP contribution in [-0.4, -0.2) is 21.9 Å². The second-order valence-electron chi connectivity index (χ2n) is 8.23. The van der Waals surface area contributed by atoms with Gasteiger partial charge in [0.15, 0.2) is 5.60 Å². The van der Waals surface area contributed by atoms with Crippen molar-refractivity contribution in [2.24, 2.45) is 0 Å². The van der Waals surface area contributed by atoms with Crippen molar-refractivity contribution in [3.63, 3.8) is 0 Å². The molecule has 152 valence electrons. The molecule has 1 aliphatic rings. The Labute approximate surface area is 166 Å². The summed E-state index contributed by atoms with van der Waals surface area (Å²) >= 11 is 0. The molecule has 1 aliphatic carbocycles. The fourth-order valence-corrected chi connectivity index (χ4v) is 4.62. The monoisotopic (exact) mass is 403 g/mol. The van der Waals surface area contributed by atoms with E-state index < -0.39 is 35.9 Å². The lowest BCUT2D eigenvalue weighted by atomic mass is 9.72. The molecule has 0 spiro atoms. The van der Waals surface area contributed by atoms with Gasteiger partial charge in [0.2, 0.25) is 0 Å². The number of para-hydroxylation sites is 1. The third-order valence-electron chi connectivity index (χ3n) is 6.10. The lowest BCUT2D eigenvalue weighted by Crippen LogP contribution is -2.51. The summed E-state index contributed by atoms with van der Waals surface area (Å²) in [5.41, 5.74) is -1.43. The zero-order chi connectivity index (χ0) is 20.9. The number of aryl methyl sites for hydroxylation is 1. The number of nitrogens with zero attached hydrogens (tertiary/aromatic N) is 1. The molecule has 3 aromatic rings. The SMILES string of the molecule is CC1(CC(O)(Cc2ccnc3ccccc23)C(F)(F)F)CCc2cc(F)ccc21. The van der Waals surface area contributed by atoms with E-state index in [2.05, 4.69) is 4.98 Å². The van der Waals surface area contributed by atoms with E-state index in [1.807, 2.05) is 0 Å². The molecule has 1 N–H and O–H groups in total. The number of fused-ring (bicyclic) bond motifs is 2. The Morgan fingerprint density at radius 3 is 2.62 bits per heavy atom. The summed E-state index contributed by atoms with van der Waals surface area (Å²) < 4.78 is 55.9. The van der Waals surface area contributed by atoms with Gasteiger partial charge in [-0.15, -0.1) is 0 Å². The number of benzene rings is 2. The summed E-state index contributed by atoms with van der Waals surface area (Å²) in [6.45, 7) is 1.72. The van der Waals surface area contributed by atoms with Crippen LogP contribution >= 0.6 is 0 Å². The van der Waals surface area contributed by atoms with Crippen LogP contribution in [0.1, 0.15) is 36.5 Å². The Morgan fingerprint density at radius 1 is 1.10 bits per heavy atom. The molecule has 0 bridgehead atoms. The number of aromatic nitrogens is 1. The van der Waals surface area contributed by atoms with Gasteiger partial charge < -0.3 is 5.11 Å². The number of halogens is 4. The molecule has 0 saturated carbocycles. The van der Waals surface area contributed by atoms with Crippen LogP contribution in [0, 0.1) is 5.82 Å². The Morgan fingerprint density at radius 2 is 1.86 bits per heavy atom. The summed E-state index contributed by atoms with van der Waals surface area (Å²) in [7, 11) is 0. The van der Waals surface area contributed by atoms with Crippen LogP contribution in [0.3, 0.4) is 0 Å². The summed E-state index contributed by atoms with van der Waals surface area (Å²) in [6, 6.07) is 12.7. The van der Waals surface area contributed by atoms with E-state index in [0.29, 0.717) is 40.4 Å². The maximum absolute atomic E-state index is 14.1. The number of aliphatic hydroxyl groups is 1. The van der Waals surface area contributed by atoms with E-state index in [1.54, 1.807) is 37.3 Å². The minimum atomic E-state index is -4.82. The number of rotatable bonds is 4. The molecule has 0 aliphatic heterocycles. The lowest BCUT2D eigenvalue weighted by Gasteiger charge is -2.38. The van der Waals surface area contributed by atoms with Crippen molar-refractivity contribution < 1.29 is 22.7 Å². The maximum Gasteiger partial charge on any atom is 0.417 e. The first-order valence-corrected chi connectivity index (χ1v) is 9.52. The molecular weight excluding hydrogens is 382 g/mol. The van der Waals surface area contributed by atoms with Gasteiger partial charge in [0.05, 0.1) is 5.52 Å². The molecule has 2 nitrogen and oxygen atoms in total. The van der Waals surface area contributed by atoms with Gasteiger partial charge in [-0.1, -0.05) is 31.2 Å². The fourth-order valence-electron chi connectivity index (χ4n) is 4.62. The molecule has 0 saturated heterocycles. The lowest BCUT2D eigenvalue weighted by molar-refractivity contribution is -0.266. The first-order chi connectivity index (χ1) is 13.6. The average Bonchev–Trinajstić information content (AvgIpc) is 2.96. The van der Waals surface area contributed by atoms with E-state index >= 15 is 0 Å². The number of alkyl halides is 3. The van der Waals surface area contributed by atoms with Crippen molar-refractivity contribution in [3.05, 3.63) is 77.2 Å². The van der Waals surface area contributed by atoms with Crippen molar-refractivity contribution in [1.29, 1.82) is 0 Å². The molecule has 1 heterocycles. The van der Waals surface area contributed by atoms with E-state index in [-0.39, 0.29) is 0 Å². The minimum Gasteiger partial charge on any atom is -0.380 e. The number of hydrogen-bond donors (Lipinski definition) is 1. The van der Waals surface area contributed by atoms with Crippen molar-refractivity contribution in [2.75, 3.05) is 0 Å². The van der Waals surface area contributed by atoms with Crippen LogP contribution in [-0.2, 0) is 18.3 Å². The third-order valence-corrected chi connectivity index (χ3v) is 6.10. The Kier molecular flexibility index (Phi) is 4.65. The molecule has 2 atom stereocenters. The van der Waals surface area contributed by atoms with Crippen molar-refractivity contribution in [3.8, 4) is 0 Å². The molecule has 4 rings (SSSR count). The summed E-state index contributed by atoms with van der Waals surface area (Å²) in [6.07, 6.45) is -3.48. The molecular formula is C23H21F4NO. The standard InChI is InChI=1S/C23H21F4NO/c1-21(10-8-15-12-17(24)6-7-19(15)21)14-22(29,23(25,26)27)13-16-9-11-28-20-5-3-2-4-18(16)20/h2-7,9,11-12,29H,8,10,13-14H2,1H3. The van der Waals surface area contributed by atoms with E-state index in [0.717, 1.165) is 0 Å². The summed E-state index contributed by atoms with van der Waals surface area (Å²) in [5, 5.41) is 11.5. The zero-order valence-corrected chi connectivity index (χ0v) is 15.9. The molecule has 2 aromatic carbocycles. The van der Waals surface area contributed by atoms with Crippen molar-refractivity contribution >= 4 is 10.9 Å². The molecule has 0 fully saturated rings. The first-order valence-electron chi connectivity index (χ1n) is 9.52. The Hall–Kier alpha value is -2.47. The normalized spacial score (nSPS) is 21.2. The molecule has 2 unspecified atom stereocenters. The summed E-state index contributed by atoms with van der Waals surface area (Å²) in [5.74, 6) is -0.401. The molecule has 29 heavy (non-hydrogen) atoms. The number of pyridine rings is 1. The molecule has 1 aromatic heterocycles. The quantitative estimate of drug-likeness (QED) is 0.583. The maximum atomic E-state index is 14.1. The average molecular weight is 403 g/mol. The topological polar surface area (TPSA) is 33.1 Å². The zero-order valence-electron chi connectivity index (χ0n) is 15.9. The highest BCUT2D eigenvalue weighted by atomic mass is 19.4. The van der Waals surface area contributed by atoms with Gasteiger partial charge in [0, 0.05) is 18.0 Å². The molecule has 0 radical (unpaired) electrons. The van der Waals surface area contributed by atoms with Gasteiger partial charge in [-0.25, -0.2) is 4.39 Å². The Bertz CT molecular complexity index is 1060. The predicted octanol–water partition coefficient (Wildman–Crippen LogP) is 5.50. The fraction of sp³-hybridized carbons (Fsp3) is 0.348. The molecule has 0 amide bonds. The number of hydrogen-bond acceptors (Lipinski definition) is 2. The highest BCUT2D eigenvalue weighted by Gasteiger charge is 2.57. The first kappa shape index (κ1) is 19.8. The third kappa shape index (κ3) is 3.50. The predicted molar refractivity (Wildman–Crippen MR) is 103 cm³/mol. The van der Waals surface area contributed by atoms with E-state index in [9.17, 15) is 22.7 Å². The minimum absolute atomic E-state index is 0.399. The highest BCUT2D eigenvalue weighted by molar-refractivity contribution is 5.81. The van der Waals surface area contributed by atoms with Crippen molar-refractivity contribution in [1.82, 2.24) is 4.98 Å². The molecule has 6 heteroatoms. The largest absolute Gasteiger partial charge is 0.417 e. The van der Waals surface area contributed by atoms with Gasteiger partial charge in [-0.2, -0.15) is 13.2 Å². The van der Waals surface area contributed by atoms with Crippen molar-refractivity contribution in [2.45, 2.75) is 49.8 Å². The second kappa shape index (κ2) is 6.80. The van der Waals surface area contributed by atoms with Crippen LogP contribution in [0.4, 0.5) is 17.6 Å². The Balaban J connectivity index is 1.74. The van der Waals surface area contributed by atoms with Crippen LogP contribution in [0.2, 0.25) is 0 Å². The van der Waals surface area contributed by atoms with Crippen LogP contribution in [0.5, 0.6) is 0 Å². The van der Waals surface area contributed by atoms with Crippen LogP contribution < -0.4 is 0 Å². The second-order valence-corrected chi connectivity index (χ2v) is 8.23. The van der Waals surface area contributed by atoms with E-state index in [1.165, 1.54) is 24.4 Å². The van der Waals surface area contributed by atoms with Gasteiger partial charge in [-0.3, -0.25) is 4.98 Å². The van der Waals surface area contributed by atoms with Gasteiger partial charge in [-0.05, 0) is 65.6 Å².